The molecule has 0 radical (unpaired) electrons. The minimum Gasteiger partial charge on any atom is -0.497 e. The quantitative estimate of drug-likeness (QED) is 0.209. The summed E-state index contributed by atoms with van der Waals surface area (Å²) in [6.07, 6.45) is 1.20. The minimum absolute atomic E-state index is 0.00822. The van der Waals surface area contributed by atoms with Gasteiger partial charge in [0.05, 0.1) is 20.8 Å². The van der Waals surface area contributed by atoms with Crippen LogP contribution < -0.4 is 19.5 Å². The fourth-order valence-corrected chi connectivity index (χ4v) is 7.46. The highest BCUT2D eigenvalue weighted by atomic mass is 79.9. The van der Waals surface area contributed by atoms with E-state index in [1.807, 2.05) is 78.9 Å². The lowest BCUT2D eigenvalue weighted by molar-refractivity contribution is -0.171. The number of halogens is 3. The van der Waals surface area contributed by atoms with Crippen molar-refractivity contribution in [2.45, 2.75) is 41.9 Å². The van der Waals surface area contributed by atoms with E-state index in [1.165, 1.54) is 0 Å². The van der Waals surface area contributed by atoms with Crippen molar-refractivity contribution in [3.8, 4) is 17.2 Å². The maximum absolute atomic E-state index is 16.6. The van der Waals surface area contributed by atoms with Crippen LogP contribution in [-0.2, 0) is 20.6 Å². The number of amidine groups is 1. The first kappa shape index (κ1) is 31.4. The molecule has 10 heteroatoms. The zero-order valence-electron chi connectivity index (χ0n) is 26.1. The number of nitrogens with one attached hydrogen (secondary N) is 1. The number of rotatable bonds is 6. The molecular weight excluding hydrogens is 670 g/mol. The molecule has 0 saturated carbocycles. The molecule has 7 rings (SSSR count). The average Bonchev–Trinajstić information content (AvgIpc) is 3.10. The summed E-state index contributed by atoms with van der Waals surface area (Å²) in [5.74, 6) is -1.63. The van der Waals surface area contributed by atoms with E-state index in [4.69, 9.17) is 28.7 Å². The van der Waals surface area contributed by atoms with Gasteiger partial charge in [-0.2, -0.15) is 8.78 Å². The van der Waals surface area contributed by atoms with Crippen molar-refractivity contribution in [1.29, 1.82) is 0 Å². The van der Waals surface area contributed by atoms with Crippen LogP contribution in [-0.4, -0.2) is 51.6 Å². The molecule has 3 heterocycles. The lowest BCUT2D eigenvalue weighted by Gasteiger charge is -2.52. The van der Waals surface area contributed by atoms with Gasteiger partial charge in [-0.05, 0) is 72.0 Å². The van der Waals surface area contributed by atoms with Gasteiger partial charge in [0.25, 0.3) is 6.02 Å². The van der Waals surface area contributed by atoms with E-state index in [1.54, 1.807) is 32.4 Å². The van der Waals surface area contributed by atoms with Crippen LogP contribution in [0.15, 0.2) is 107 Å². The van der Waals surface area contributed by atoms with Crippen LogP contribution in [0.4, 0.5) is 8.78 Å². The van der Waals surface area contributed by atoms with Gasteiger partial charge in [-0.3, -0.25) is 0 Å². The first-order chi connectivity index (χ1) is 22.7. The van der Waals surface area contributed by atoms with Gasteiger partial charge < -0.3 is 29.0 Å². The molecule has 4 aromatic carbocycles. The number of alkyl halides is 2. The first-order valence-corrected chi connectivity index (χ1v) is 16.3. The Balaban J connectivity index is 1.45. The van der Waals surface area contributed by atoms with Gasteiger partial charge in [-0.1, -0.05) is 70.5 Å². The molecule has 47 heavy (non-hydrogen) atoms. The van der Waals surface area contributed by atoms with Crippen LogP contribution in [0.5, 0.6) is 17.2 Å². The Kier molecular flexibility index (Phi) is 8.12. The van der Waals surface area contributed by atoms with Crippen LogP contribution in [0.25, 0.3) is 0 Å². The summed E-state index contributed by atoms with van der Waals surface area (Å²) in [6.45, 7) is -0.118. The Bertz CT molecular complexity index is 1710. The highest BCUT2D eigenvalue weighted by Gasteiger charge is 2.65. The summed E-state index contributed by atoms with van der Waals surface area (Å²) >= 11 is 3.50. The predicted molar refractivity (Wildman–Crippen MR) is 178 cm³/mol. The van der Waals surface area contributed by atoms with Gasteiger partial charge in [0, 0.05) is 23.1 Å². The van der Waals surface area contributed by atoms with Crippen molar-refractivity contribution >= 4 is 22.0 Å². The molecule has 2 atom stereocenters. The molecule has 0 unspecified atom stereocenters. The van der Waals surface area contributed by atoms with Gasteiger partial charge in [-0.15, -0.1) is 0 Å². The molecule has 1 N–H and O–H groups in total. The number of benzene rings is 4. The van der Waals surface area contributed by atoms with Gasteiger partial charge in [0.1, 0.15) is 28.4 Å². The monoisotopic (exact) mass is 704 g/mol. The summed E-state index contributed by atoms with van der Waals surface area (Å²) < 4.78 is 63.1. The molecule has 3 aliphatic rings. The summed E-state index contributed by atoms with van der Waals surface area (Å²) in [5, 5.41) is 3.57. The molecular formula is C37H35BrF2N2O5. The van der Waals surface area contributed by atoms with Gasteiger partial charge >= 0.3 is 5.92 Å². The topological polar surface area (TPSA) is 70.5 Å². The molecule has 4 aromatic rings. The third kappa shape index (κ3) is 5.41. The Labute approximate surface area is 281 Å². The largest absolute Gasteiger partial charge is 0.497 e. The van der Waals surface area contributed by atoms with Crippen LogP contribution in [0.3, 0.4) is 0 Å². The van der Waals surface area contributed by atoms with E-state index in [9.17, 15) is 0 Å². The first-order valence-electron chi connectivity index (χ1n) is 15.5. The van der Waals surface area contributed by atoms with E-state index in [2.05, 4.69) is 21.2 Å². The third-order valence-corrected chi connectivity index (χ3v) is 9.91. The summed E-state index contributed by atoms with van der Waals surface area (Å²) in [7, 11) is 3.22. The molecule has 244 valence electrons. The molecule has 2 spiro atoms. The second-order valence-corrected chi connectivity index (χ2v) is 13.1. The lowest BCUT2D eigenvalue weighted by atomic mass is 9.71. The number of nitrogens with zero attached hydrogens (tertiary/aromatic N) is 1. The van der Waals surface area contributed by atoms with Crippen molar-refractivity contribution in [3.05, 3.63) is 124 Å². The van der Waals surface area contributed by atoms with Crippen LogP contribution in [0.1, 0.15) is 41.5 Å². The fourth-order valence-electron chi connectivity index (χ4n) is 7.09. The fraction of sp³-hybridized carbons (Fsp3) is 0.324. The van der Waals surface area contributed by atoms with E-state index in [0.717, 1.165) is 16.7 Å². The summed E-state index contributed by atoms with van der Waals surface area (Å²) in [4.78, 5) is 4.91. The molecule has 0 aliphatic carbocycles. The van der Waals surface area contributed by atoms with Gasteiger partial charge in [-0.25, -0.2) is 4.99 Å². The Morgan fingerprint density at radius 1 is 0.830 bits per heavy atom. The highest BCUT2D eigenvalue weighted by Crippen LogP contribution is 2.57. The zero-order valence-corrected chi connectivity index (χ0v) is 27.7. The molecule has 3 aliphatic heterocycles. The summed E-state index contributed by atoms with van der Waals surface area (Å²) in [5.41, 5.74) is -1.29. The standard InChI is InChI=1S/C37H35BrF2N2O5/c1-43-29-14-9-26(10-15-29)37(25-7-4-3-5-8-25,27-11-16-30(44-2)17-12-27)42-33-41-35(36(39,40)24-46-33)22-34(19-6-20-45-23-34)47-32-18-13-28(38)21-31(32)35/h3-5,7-18,21H,6,19-20,22-24H2,1-2H3,(H,41,42)/t34-,35-/m1/s1. The predicted octanol–water partition coefficient (Wildman–Crippen LogP) is 7.60. The number of methoxy groups -OCH3 is 2. The van der Waals surface area contributed by atoms with Crippen LogP contribution in [0.2, 0.25) is 0 Å². The number of ether oxygens (including phenoxy) is 5. The molecule has 0 amide bonds. The van der Waals surface area contributed by atoms with Crippen molar-refractivity contribution in [3.63, 3.8) is 0 Å². The SMILES string of the molecule is COc1ccc(C(NC2=N[C@@]3(C[C@@]4(CCCOC4)Oc4ccc(Br)cc43)C(F)(F)CO2)(c2ccccc2)c2ccc(OC)cc2)cc1. The van der Waals surface area contributed by atoms with Gasteiger partial charge in [0.2, 0.25) is 0 Å². The van der Waals surface area contributed by atoms with Crippen molar-refractivity contribution in [1.82, 2.24) is 5.32 Å². The molecule has 7 nitrogen and oxygen atoms in total. The Hall–Kier alpha value is -4.15. The van der Waals surface area contributed by atoms with E-state index in [0.29, 0.717) is 46.7 Å². The normalized spacial score (nSPS) is 23.2. The highest BCUT2D eigenvalue weighted by molar-refractivity contribution is 9.10. The zero-order chi connectivity index (χ0) is 32.7. The Morgan fingerprint density at radius 2 is 1.47 bits per heavy atom. The number of hydrogen-bond acceptors (Lipinski definition) is 7. The smallest absolute Gasteiger partial charge is 0.310 e. The Morgan fingerprint density at radius 3 is 2.06 bits per heavy atom. The van der Waals surface area contributed by atoms with Crippen LogP contribution >= 0.6 is 15.9 Å². The summed E-state index contributed by atoms with van der Waals surface area (Å²) in [6, 6.07) is 30.3. The lowest BCUT2D eigenvalue weighted by Crippen LogP contribution is -2.62. The van der Waals surface area contributed by atoms with E-state index < -0.39 is 29.2 Å². The minimum atomic E-state index is -3.36. The number of aliphatic imine (C=N–C) groups is 1. The molecule has 1 fully saturated rings. The number of hydrogen-bond donors (Lipinski definition) is 1. The maximum atomic E-state index is 16.6. The molecule has 1 saturated heterocycles. The van der Waals surface area contributed by atoms with Gasteiger partial charge in [0.15, 0.2) is 12.1 Å². The van der Waals surface area contributed by atoms with Crippen molar-refractivity contribution in [2.75, 3.05) is 34.0 Å². The third-order valence-electron chi connectivity index (χ3n) is 9.41. The number of fused-ring (bicyclic) bond motifs is 2. The van der Waals surface area contributed by atoms with Crippen LogP contribution in [0, 0.1) is 0 Å². The van der Waals surface area contributed by atoms with E-state index >= 15 is 8.78 Å². The van der Waals surface area contributed by atoms with Crippen molar-refractivity contribution < 1.29 is 32.5 Å². The second-order valence-electron chi connectivity index (χ2n) is 12.2. The van der Waals surface area contributed by atoms with Crippen molar-refractivity contribution in [2.24, 2.45) is 4.99 Å². The average molecular weight is 706 g/mol. The maximum Gasteiger partial charge on any atom is 0.310 e. The second kappa shape index (κ2) is 12.1. The van der Waals surface area contributed by atoms with E-state index in [-0.39, 0.29) is 19.0 Å². The molecule has 0 bridgehead atoms. The molecule has 0 aromatic heterocycles.